The first kappa shape index (κ1) is 14.5. The third kappa shape index (κ3) is 4.03. The maximum Gasteiger partial charge on any atom is 0.0587 e. The highest BCUT2D eigenvalue weighted by Gasteiger charge is 2.16. The Morgan fingerprint density at radius 1 is 1.05 bits per heavy atom. The molecule has 1 saturated heterocycles. The van der Waals surface area contributed by atoms with Crippen LogP contribution in [0.3, 0.4) is 0 Å². The van der Waals surface area contributed by atoms with Gasteiger partial charge in [-0.2, -0.15) is 0 Å². The number of nitrogens with two attached hydrogens (primary N) is 1. The zero-order valence-corrected chi connectivity index (χ0v) is 12.2. The Balaban J connectivity index is 1.99. The molecule has 1 atom stereocenters. The van der Waals surface area contributed by atoms with E-state index >= 15 is 0 Å². The summed E-state index contributed by atoms with van der Waals surface area (Å²) in [5.41, 5.74) is 12.2. The fourth-order valence-corrected chi connectivity index (χ4v) is 2.62. The van der Waals surface area contributed by atoms with Crippen molar-refractivity contribution < 1.29 is 0 Å². The van der Waals surface area contributed by atoms with Crippen molar-refractivity contribution in [2.45, 2.75) is 45.1 Å². The Morgan fingerprint density at radius 3 is 2.16 bits per heavy atom. The average molecular weight is 261 g/mol. The minimum absolute atomic E-state index is 0.235. The van der Waals surface area contributed by atoms with Crippen molar-refractivity contribution >= 4 is 0 Å². The van der Waals surface area contributed by atoms with Gasteiger partial charge in [0, 0.05) is 19.6 Å². The molecule has 3 nitrogen and oxygen atoms in total. The summed E-state index contributed by atoms with van der Waals surface area (Å²) in [5, 5.41) is 2.33. The average Bonchev–Trinajstić information content (AvgIpc) is 2.46. The lowest BCUT2D eigenvalue weighted by Crippen LogP contribution is -2.45. The number of benzene rings is 1. The van der Waals surface area contributed by atoms with Gasteiger partial charge in [0.15, 0.2) is 0 Å². The van der Waals surface area contributed by atoms with Crippen LogP contribution in [-0.4, -0.2) is 24.6 Å². The lowest BCUT2D eigenvalue weighted by atomic mass is 9.99. The SMILES string of the molecule is CC(C)c1ccc(C(CN)NN2CCCCC2)cc1. The molecule has 2 rings (SSSR count). The monoisotopic (exact) mass is 261 g/mol. The summed E-state index contributed by atoms with van der Waals surface area (Å²) in [6, 6.07) is 9.11. The molecule has 3 N–H and O–H groups in total. The van der Waals surface area contributed by atoms with Gasteiger partial charge in [0.05, 0.1) is 6.04 Å². The summed E-state index contributed by atoms with van der Waals surface area (Å²) in [6.07, 6.45) is 3.93. The van der Waals surface area contributed by atoms with E-state index in [2.05, 4.69) is 48.5 Å². The summed E-state index contributed by atoms with van der Waals surface area (Å²) in [4.78, 5) is 0. The third-order valence-electron chi connectivity index (χ3n) is 3.94. The van der Waals surface area contributed by atoms with Crippen LogP contribution in [0.15, 0.2) is 24.3 Å². The second-order valence-corrected chi connectivity index (χ2v) is 5.79. The Bertz CT molecular complexity index is 366. The standard InChI is InChI=1S/C16H27N3/c1-13(2)14-6-8-15(9-7-14)16(12-17)18-19-10-4-3-5-11-19/h6-9,13,16,18H,3-5,10-12,17H2,1-2H3. The molecule has 1 aliphatic heterocycles. The number of nitrogens with zero attached hydrogens (tertiary/aromatic N) is 1. The molecular formula is C16H27N3. The van der Waals surface area contributed by atoms with Gasteiger partial charge in [0.2, 0.25) is 0 Å². The summed E-state index contributed by atoms with van der Waals surface area (Å²) in [6.45, 7) is 7.36. The van der Waals surface area contributed by atoms with Crippen molar-refractivity contribution in [2.75, 3.05) is 19.6 Å². The van der Waals surface area contributed by atoms with Gasteiger partial charge >= 0.3 is 0 Å². The van der Waals surface area contributed by atoms with E-state index < -0.39 is 0 Å². The molecule has 0 spiro atoms. The fourth-order valence-electron chi connectivity index (χ4n) is 2.62. The number of hydrogen-bond acceptors (Lipinski definition) is 3. The van der Waals surface area contributed by atoms with Crippen molar-refractivity contribution in [2.24, 2.45) is 5.73 Å². The lowest BCUT2D eigenvalue weighted by Gasteiger charge is -2.31. The molecule has 1 fully saturated rings. The normalized spacial score (nSPS) is 18.7. The van der Waals surface area contributed by atoms with E-state index in [0.717, 1.165) is 13.1 Å². The van der Waals surface area contributed by atoms with Crippen molar-refractivity contribution in [3.63, 3.8) is 0 Å². The Hall–Kier alpha value is -0.900. The van der Waals surface area contributed by atoms with Crippen molar-refractivity contribution in [1.29, 1.82) is 0 Å². The summed E-state index contributed by atoms with van der Waals surface area (Å²) < 4.78 is 0. The molecule has 1 unspecified atom stereocenters. The molecule has 0 radical (unpaired) electrons. The number of rotatable bonds is 5. The Kier molecular flexibility index (Phi) is 5.37. The lowest BCUT2D eigenvalue weighted by molar-refractivity contribution is 0.130. The molecule has 1 aliphatic rings. The number of hydrazine groups is 1. The second kappa shape index (κ2) is 7.04. The topological polar surface area (TPSA) is 41.3 Å². The van der Waals surface area contributed by atoms with Gasteiger partial charge in [0.1, 0.15) is 0 Å². The molecule has 19 heavy (non-hydrogen) atoms. The number of hydrogen-bond donors (Lipinski definition) is 2. The van der Waals surface area contributed by atoms with Crippen LogP contribution in [0.5, 0.6) is 0 Å². The first-order valence-corrected chi connectivity index (χ1v) is 7.51. The van der Waals surface area contributed by atoms with E-state index in [4.69, 9.17) is 5.73 Å². The number of piperidine rings is 1. The predicted octanol–water partition coefficient (Wildman–Crippen LogP) is 2.80. The van der Waals surface area contributed by atoms with E-state index in [-0.39, 0.29) is 6.04 Å². The highest BCUT2D eigenvalue weighted by atomic mass is 15.5. The molecule has 0 amide bonds. The highest BCUT2D eigenvalue weighted by Crippen LogP contribution is 2.19. The zero-order valence-electron chi connectivity index (χ0n) is 12.2. The largest absolute Gasteiger partial charge is 0.329 e. The van der Waals surface area contributed by atoms with E-state index in [9.17, 15) is 0 Å². The number of nitrogens with one attached hydrogen (secondary N) is 1. The van der Waals surface area contributed by atoms with Crippen LogP contribution >= 0.6 is 0 Å². The van der Waals surface area contributed by atoms with Crippen LogP contribution in [0.25, 0.3) is 0 Å². The first-order valence-electron chi connectivity index (χ1n) is 7.51. The van der Waals surface area contributed by atoms with Crippen molar-refractivity contribution in [1.82, 2.24) is 10.4 Å². The maximum atomic E-state index is 5.93. The van der Waals surface area contributed by atoms with Crippen molar-refractivity contribution in [3.05, 3.63) is 35.4 Å². The van der Waals surface area contributed by atoms with Crippen molar-refractivity contribution in [3.8, 4) is 0 Å². The Labute approximate surface area is 117 Å². The molecule has 0 saturated carbocycles. The van der Waals surface area contributed by atoms with E-state index in [1.54, 1.807) is 0 Å². The van der Waals surface area contributed by atoms with Gasteiger partial charge in [-0.3, -0.25) is 0 Å². The predicted molar refractivity (Wildman–Crippen MR) is 80.9 cm³/mol. The fraction of sp³-hybridized carbons (Fsp3) is 0.625. The maximum absolute atomic E-state index is 5.93. The molecule has 1 aromatic rings. The van der Waals surface area contributed by atoms with Gasteiger partial charge < -0.3 is 5.73 Å². The van der Waals surface area contributed by atoms with Gasteiger partial charge in [-0.15, -0.1) is 0 Å². The molecule has 1 heterocycles. The van der Waals surface area contributed by atoms with Crippen LogP contribution in [0.1, 0.15) is 56.2 Å². The molecule has 3 heteroatoms. The summed E-state index contributed by atoms with van der Waals surface area (Å²) in [7, 11) is 0. The minimum Gasteiger partial charge on any atom is -0.329 e. The van der Waals surface area contributed by atoms with Gasteiger partial charge in [-0.05, 0) is 29.9 Å². The third-order valence-corrected chi connectivity index (χ3v) is 3.94. The van der Waals surface area contributed by atoms with Crippen LogP contribution < -0.4 is 11.2 Å². The second-order valence-electron chi connectivity index (χ2n) is 5.79. The molecule has 0 aromatic heterocycles. The van der Waals surface area contributed by atoms with E-state index in [0.29, 0.717) is 12.5 Å². The molecule has 1 aromatic carbocycles. The van der Waals surface area contributed by atoms with Crippen LogP contribution in [0.4, 0.5) is 0 Å². The molecule has 0 aliphatic carbocycles. The minimum atomic E-state index is 0.235. The van der Waals surface area contributed by atoms with Gasteiger partial charge in [0.25, 0.3) is 0 Å². The van der Waals surface area contributed by atoms with Gasteiger partial charge in [-0.25, -0.2) is 10.4 Å². The molecule has 0 bridgehead atoms. The molecule has 106 valence electrons. The van der Waals surface area contributed by atoms with E-state index in [1.807, 2.05) is 0 Å². The van der Waals surface area contributed by atoms with E-state index in [1.165, 1.54) is 30.4 Å². The first-order chi connectivity index (χ1) is 9.20. The van der Waals surface area contributed by atoms with Crippen LogP contribution in [-0.2, 0) is 0 Å². The summed E-state index contributed by atoms with van der Waals surface area (Å²) in [5.74, 6) is 0.584. The van der Waals surface area contributed by atoms with Gasteiger partial charge in [-0.1, -0.05) is 44.5 Å². The molecular weight excluding hydrogens is 234 g/mol. The van der Waals surface area contributed by atoms with Crippen LogP contribution in [0.2, 0.25) is 0 Å². The Morgan fingerprint density at radius 2 is 1.63 bits per heavy atom. The smallest absolute Gasteiger partial charge is 0.0587 e. The van der Waals surface area contributed by atoms with Crippen LogP contribution in [0, 0.1) is 0 Å². The summed E-state index contributed by atoms with van der Waals surface area (Å²) >= 11 is 0. The zero-order chi connectivity index (χ0) is 13.7. The quantitative estimate of drug-likeness (QED) is 0.856. The highest BCUT2D eigenvalue weighted by molar-refractivity contribution is 5.27.